The van der Waals surface area contributed by atoms with Crippen LogP contribution in [0.15, 0.2) is 79.0 Å². The van der Waals surface area contributed by atoms with Crippen LogP contribution in [-0.4, -0.2) is 28.8 Å². The number of benzene rings is 2. The lowest BCUT2D eigenvalue weighted by Gasteiger charge is -2.19. The van der Waals surface area contributed by atoms with Crippen LogP contribution in [0.3, 0.4) is 0 Å². The van der Waals surface area contributed by atoms with Gasteiger partial charge in [0, 0.05) is 30.9 Å². The molecule has 0 fully saturated rings. The van der Waals surface area contributed by atoms with E-state index in [-0.39, 0.29) is 6.04 Å². The number of hydrogen-bond donors (Lipinski definition) is 4. The first kappa shape index (κ1) is 19.2. The van der Waals surface area contributed by atoms with Gasteiger partial charge in [-0.3, -0.25) is 15.8 Å². The van der Waals surface area contributed by atoms with Crippen molar-refractivity contribution in [3.8, 4) is 11.3 Å². The van der Waals surface area contributed by atoms with Crippen LogP contribution in [0.4, 0.5) is 0 Å². The van der Waals surface area contributed by atoms with Gasteiger partial charge in [0.25, 0.3) is 0 Å². The summed E-state index contributed by atoms with van der Waals surface area (Å²) in [5.41, 5.74) is 16.6. The van der Waals surface area contributed by atoms with E-state index in [0.717, 1.165) is 22.4 Å². The van der Waals surface area contributed by atoms with Crippen molar-refractivity contribution >= 4 is 0 Å². The maximum atomic E-state index is 10.2. The summed E-state index contributed by atoms with van der Waals surface area (Å²) in [6, 6.07) is 23.8. The summed E-state index contributed by atoms with van der Waals surface area (Å²) in [4.78, 5) is 4.35. The molecule has 5 nitrogen and oxygen atoms in total. The number of nitrogens with one attached hydrogen (secondary N) is 2. The van der Waals surface area contributed by atoms with E-state index in [1.807, 2.05) is 48.5 Å². The van der Waals surface area contributed by atoms with Crippen LogP contribution in [0.5, 0.6) is 0 Å². The summed E-state index contributed by atoms with van der Waals surface area (Å²) < 4.78 is 0. The number of aliphatic hydroxyl groups is 1. The number of nitrogens with two attached hydrogens (primary N) is 1. The molecule has 3 aromatic rings. The second kappa shape index (κ2) is 9.94. The Morgan fingerprint density at radius 3 is 2.30 bits per heavy atom. The van der Waals surface area contributed by atoms with Crippen molar-refractivity contribution in [1.82, 2.24) is 15.8 Å². The van der Waals surface area contributed by atoms with Gasteiger partial charge in [-0.15, -0.1) is 0 Å². The Bertz CT molecular complexity index is 794. The summed E-state index contributed by atoms with van der Waals surface area (Å²) in [6.07, 6.45) is 1.82. The topological polar surface area (TPSA) is 83.2 Å². The Hall–Kier alpha value is -2.57. The quantitative estimate of drug-likeness (QED) is 0.347. The fourth-order valence-corrected chi connectivity index (χ4v) is 2.84. The van der Waals surface area contributed by atoms with Gasteiger partial charge in [0.05, 0.1) is 11.8 Å². The molecule has 2 aromatic carbocycles. The molecule has 0 unspecified atom stereocenters. The van der Waals surface area contributed by atoms with Crippen molar-refractivity contribution in [2.45, 2.75) is 25.1 Å². The molecule has 3 rings (SSSR count). The third kappa shape index (κ3) is 5.98. The van der Waals surface area contributed by atoms with E-state index >= 15 is 0 Å². The molecule has 0 bridgehead atoms. The summed E-state index contributed by atoms with van der Waals surface area (Å²) in [7, 11) is 0. The van der Waals surface area contributed by atoms with Crippen LogP contribution in [0.25, 0.3) is 11.3 Å². The van der Waals surface area contributed by atoms with Gasteiger partial charge in [-0.2, -0.15) is 0 Å². The molecule has 5 N–H and O–H groups in total. The molecule has 1 heterocycles. The Balaban J connectivity index is 1.39. The number of rotatable bonds is 9. The zero-order valence-electron chi connectivity index (χ0n) is 15.3. The number of hydrogen-bond acceptors (Lipinski definition) is 5. The molecular weight excluding hydrogens is 336 g/mol. The van der Waals surface area contributed by atoms with Gasteiger partial charge in [-0.25, -0.2) is 0 Å². The number of pyridine rings is 1. The van der Waals surface area contributed by atoms with E-state index in [9.17, 15) is 5.11 Å². The van der Waals surface area contributed by atoms with Gasteiger partial charge in [0.2, 0.25) is 0 Å². The van der Waals surface area contributed by atoms with Gasteiger partial charge in [0.15, 0.2) is 0 Å². The molecule has 0 aliphatic heterocycles. The lowest BCUT2D eigenvalue weighted by molar-refractivity contribution is 0.137. The molecule has 0 aliphatic carbocycles. The predicted octanol–water partition coefficient (Wildman–Crippen LogP) is 2.27. The normalized spacial score (nSPS) is 13.3. The average molecular weight is 362 g/mol. The van der Waals surface area contributed by atoms with Gasteiger partial charge in [-0.1, -0.05) is 60.7 Å². The highest BCUT2D eigenvalue weighted by molar-refractivity contribution is 5.58. The fraction of sp³-hybridized carbons (Fsp3) is 0.227. The zero-order chi connectivity index (χ0) is 18.9. The lowest BCUT2D eigenvalue weighted by atomic mass is 10.0. The number of hydrazine groups is 1. The first-order valence-corrected chi connectivity index (χ1v) is 9.16. The van der Waals surface area contributed by atoms with Gasteiger partial charge in [0.1, 0.15) is 0 Å². The SMILES string of the molecule is N[C@@H](Cc1ccccc1)[C@@H](O)CNNCc1ccc(-c2ccccn2)cc1. The average Bonchev–Trinajstić information content (AvgIpc) is 2.73. The second-order valence-electron chi connectivity index (χ2n) is 6.57. The molecule has 5 heteroatoms. The minimum Gasteiger partial charge on any atom is -0.390 e. The van der Waals surface area contributed by atoms with E-state index < -0.39 is 6.10 Å². The first-order valence-electron chi connectivity index (χ1n) is 9.16. The highest BCUT2D eigenvalue weighted by Crippen LogP contribution is 2.16. The molecule has 0 amide bonds. The number of nitrogens with zero attached hydrogens (tertiary/aromatic N) is 1. The Morgan fingerprint density at radius 2 is 1.59 bits per heavy atom. The second-order valence-corrected chi connectivity index (χ2v) is 6.57. The number of aliphatic hydroxyl groups excluding tert-OH is 1. The van der Waals surface area contributed by atoms with Crippen molar-refractivity contribution in [3.63, 3.8) is 0 Å². The van der Waals surface area contributed by atoms with E-state index in [0.29, 0.717) is 19.5 Å². The monoisotopic (exact) mass is 362 g/mol. The van der Waals surface area contributed by atoms with Crippen LogP contribution in [0.1, 0.15) is 11.1 Å². The molecule has 0 spiro atoms. The maximum absolute atomic E-state index is 10.2. The summed E-state index contributed by atoms with van der Waals surface area (Å²) in [6.45, 7) is 1.04. The van der Waals surface area contributed by atoms with Crippen molar-refractivity contribution in [3.05, 3.63) is 90.1 Å². The minimum atomic E-state index is -0.621. The predicted molar refractivity (Wildman–Crippen MR) is 109 cm³/mol. The lowest BCUT2D eigenvalue weighted by Crippen LogP contribution is -2.46. The van der Waals surface area contributed by atoms with E-state index in [4.69, 9.17) is 5.73 Å². The zero-order valence-corrected chi connectivity index (χ0v) is 15.3. The molecule has 0 saturated heterocycles. The highest BCUT2D eigenvalue weighted by atomic mass is 16.3. The first-order chi connectivity index (χ1) is 13.2. The molecule has 0 aliphatic rings. The van der Waals surface area contributed by atoms with E-state index in [2.05, 4.69) is 40.1 Å². The fourth-order valence-electron chi connectivity index (χ4n) is 2.84. The van der Waals surface area contributed by atoms with Gasteiger partial charge >= 0.3 is 0 Å². The molecule has 140 valence electrons. The third-order valence-corrected chi connectivity index (χ3v) is 4.45. The summed E-state index contributed by atoms with van der Waals surface area (Å²) >= 11 is 0. The minimum absolute atomic E-state index is 0.306. The third-order valence-electron chi connectivity index (χ3n) is 4.45. The Labute approximate surface area is 160 Å². The van der Waals surface area contributed by atoms with Crippen LogP contribution in [0.2, 0.25) is 0 Å². The van der Waals surface area contributed by atoms with E-state index in [1.165, 1.54) is 0 Å². The standard InChI is InChI=1S/C22H26N4O/c23-20(14-17-6-2-1-3-7-17)22(27)16-26-25-15-18-9-11-19(12-10-18)21-8-4-5-13-24-21/h1-13,20,22,25-27H,14-16,23H2/t20-,22-/m0/s1. The smallest absolute Gasteiger partial charge is 0.0832 e. The van der Waals surface area contributed by atoms with Gasteiger partial charge in [-0.05, 0) is 29.7 Å². The Morgan fingerprint density at radius 1 is 0.852 bits per heavy atom. The number of aromatic nitrogens is 1. The van der Waals surface area contributed by atoms with Crippen molar-refractivity contribution in [2.75, 3.05) is 6.54 Å². The molecule has 0 saturated carbocycles. The van der Waals surface area contributed by atoms with Crippen molar-refractivity contribution in [2.24, 2.45) is 5.73 Å². The largest absolute Gasteiger partial charge is 0.390 e. The molecule has 27 heavy (non-hydrogen) atoms. The van der Waals surface area contributed by atoms with Crippen molar-refractivity contribution in [1.29, 1.82) is 0 Å². The summed E-state index contributed by atoms with van der Waals surface area (Å²) in [5, 5.41) is 10.2. The highest BCUT2D eigenvalue weighted by Gasteiger charge is 2.14. The van der Waals surface area contributed by atoms with Crippen LogP contribution >= 0.6 is 0 Å². The van der Waals surface area contributed by atoms with Crippen LogP contribution in [0, 0.1) is 0 Å². The van der Waals surface area contributed by atoms with E-state index in [1.54, 1.807) is 6.20 Å². The molecule has 2 atom stereocenters. The Kier molecular flexibility index (Phi) is 7.07. The maximum Gasteiger partial charge on any atom is 0.0832 e. The van der Waals surface area contributed by atoms with Gasteiger partial charge < -0.3 is 10.8 Å². The van der Waals surface area contributed by atoms with Crippen molar-refractivity contribution < 1.29 is 5.11 Å². The molecule has 0 radical (unpaired) electrons. The molecule has 1 aromatic heterocycles. The van der Waals surface area contributed by atoms with Crippen LogP contribution < -0.4 is 16.6 Å². The van der Waals surface area contributed by atoms with Crippen LogP contribution in [-0.2, 0) is 13.0 Å². The summed E-state index contributed by atoms with van der Waals surface area (Å²) in [5.74, 6) is 0. The molecular formula is C22H26N4O.